The van der Waals surface area contributed by atoms with Crippen LogP contribution in [0.5, 0.6) is 5.75 Å². The van der Waals surface area contributed by atoms with E-state index in [9.17, 15) is 4.79 Å². The molecular formula is C19H25N2O2S+. The lowest BCUT2D eigenvalue weighted by molar-refractivity contribution is -0.907. The number of anilines is 1. The summed E-state index contributed by atoms with van der Waals surface area (Å²) in [5.74, 6) is 0.733. The van der Waals surface area contributed by atoms with Crippen molar-refractivity contribution in [3.8, 4) is 5.75 Å². The maximum Gasteiger partial charge on any atom is 0.282 e. The molecule has 2 atom stereocenters. The van der Waals surface area contributed by atoms with Crippen molar-refractivity contribution in [2.24, 2.45) is 0 Å². The lowest BCUT2D eigenvalue weighted by Gasteiger charge is -2.21. The molecular weight excluding hydrogens is 320 g/mol. The van der Waals surface area contributed by atoms with Crippen molar-refractivity contribution in [2.45, 2.75) is 24.4 Å². The number of carbonyl (C=O) groups excluding carboxylic acids is 1. The van der Waals surface area contributed by atoms with Gasteiger partial charge in [-0.05, 0) is 37.4 Å². The Morgan fingerprint density at radius 2 is 1.96 bits per heavy atom. The van der Waals surface area contributed by atoms with E-state index in [-0.39, 0.29) is 11.9 Å². The molecule has 2 aromatic carbocycles. The Kier molecular flexibility index (Phi) is 6.70. The summed E-state index contributed by atoms with van der Waals surface area (Å²) in [5.41, 5.74) is 1.98. The molecule has 0 aliphatic carbocycles. The maximum absolute atomic E-state index is 12.5. The zero-order valence-corrected chi connectivity index (χ0v) is 15.4. The van der Waals surface area contributed by atoms with Crippen LogP contribution in [-0.2, 0) is 11.3 Å². The second kappa shape index (κ2) is 8.76. The molecule has 0 bridgehead atoms. The molecule has 0 heterocycles. The van der Waals surface area contributed by atoms with E-state index in [1.54, 1.807) is 18.9 Å². The summed E-state index contributed by atoms with van der Waals surface area (Å²) in [7, 11) is 3.65. The third-order valence-corrected chi connectivity index (χ3v) is 4.86. The summed E-state index contributed by atoms with van der Waals surface area (Å²) in [4.78, 5) is 14.9. The van der Waals surface area contributed by atoms with Gasteiger partial charge in [0, 0.05) is 22.2 Å². The molecule has 0 spiro atoms. The largest absolute Gasteiger partial charge is 0.497 e. The first-order valence-electron chi connectivity index (χ1n) is 7.93. The molecule has 5 heteroatoms. The Bertz CT molecular complexity index is 673. The van der Waals surface area contributed by atoms with Crippen molar-refractivity contribution in [2.75, 3.05) is 25.7 Å². The average Bonchev–Trinajstić information content (AvgIpc) is 2.61. The number of thioether (sulfide) groups is 1. The number of rotatable bonds is 7. The fraction of sp³-hybridized carbons (Fsp3) is 0.316. The minimum Gasteiger partial charge on any atom is -0.497 e. The molecule has 24 heavy (non-hydrogen) atoms. The Morgan fingerprint density at radius 3 is 2.58 bits per heavy atom. The van der Waals surface area contributed by atoms with Crippen molar-refractivity contribution < 1.29 is 14.4 Å². The summed E-state index contributed by atoms with van der Waals surface area (Å²) in [6, 6.07) is 15.7. The summed E-state index contributed by atoms with van der Waals surface area (Å²) in [5, 5.41) is 2.96. The lowest BCUT2D eigenvalue weighted by Crippen LogP contribution is -3.12. The maximum atomic E-state index is 12.5. The summed E-state index contributed by atoms with van der Waals surface area (Å²) in [6.45, 7) is 2.75. The monoisotopic (exact) mass is 345 g/mol. The van der Waals surface area contributed by atoms with Gasteiger partial charge in [-0.25, -0.2) is 0 Å². The highest BCUT2D eigenvalue weighted by atomic mass is 32.2. The van der Waals surface area contributed by atoms with Gasteiger partial charge in [-0.15, -0.1) is 11.8 Å². The minimum atomic E-state index is -0.156. The molecule has 4 nitrogen and oxygen atoms in total. The number of amides is 1. The van der Waals surface area contributed by atoms with Gasteiger partial charge in [-0.2, -0.15) is 0 Å². The van der Waals surface area contributed by atoms with E-state index in [4.69, 9.17) is 4.74 Å². The molecule has 1 amide bonds. The fourth-order valence-electron chi connectivity index (χ4n) is 2.39. The molecule has 0 aromatic heterocycles. The van der Waals surface area contributed by atoms with Gasteiger partial charge in [-0.3, -0.25) is 4.79 Å². The first-order valence-corrected chi connectivity index (χ1v) is 9.16. The van der Waals surface area contributed by atoms with Crippen molar-refractivity contribution >= 4 is 23.4 Å². The molecule has 0 saturated heterocycles. The first-order chi connectivity index (χ1) is 11.5. The van der Waals surface area contributed by atoms with Gasteiger partial charge in [0.05, 0.1) is 14.2 Å². The van der Waals surface area contributed by atoms with Gasteiger partial charge in [0.1, 0.15) is 12.3 Å². The van der Waals surface area contributed by atoms with Crippen LogP contribution in [0.15, 0.2) is 53.4 Å². The molecule has 2 rings (SSSR count). The summed E-state index contributed by atoms with van der Waals surface area (Å²) in [6.07, 6.45) is 2.07. The Morgan fingerprint density at radius 1 is 1.25 bits per heavy atom. The number of benzene rings is 2. The van der Waals surface area contributed by atoms with Crippen LogP contribution in [0.1, 0.15) is 12.5 Å². The summed E-state index contributed by atoms with van der Waals surface area (Å²) >= 11 is 1.73. The number of quaternary nitrogens is 1. The smallest absolute Gasteiger partial charge is 0.282 e. The molecule has 0 aliphatic rings. The first kappa shape index (κ1) is 18.4. The predicted molar refractivity (Wildman–Crippen MR) is 99.9 cm³/mol. The fourth-order valence-corrected chi connectivity index (χ4v) is 2.80. The van der Waals surface area contributed by atoms with Crippen LogP contribution >= 0.6 is 11.8 Å². The average molecular weight is 345 g/mol. The third kappa shape index (κ3) is 5.01. The van der Waals surface area contributed by atoms with Gasteiger partial charge in [0.15, 0.2) is 6.04 Å². The van der Waals surface area contributed by atoms with E-state index in [1.165, 1.54) is 10.5 Å². The normalized spacial score (nSPS) is 13.2. The highest BCUT2D eigenvalue weighted by molar-refractivity contribution is 7.98. The Hall–Kier alpha value is -1.98. The van der Waals surface area contributed by atoms with Gasteiger partial charge < -0.3 is 15.0 Å². The van der Waals surface area contributed by atoms with E-state index >= 15 is 0 Å². The molecule has 0 fully saturated rings. The van der Waals surface area contributed by atoms with Gasteiger partial charge in [0.25, 0.3) is 5.91 Å². The Balaban J connectivity index is 1.95. The number of nitrogens with one attached hydrogen (secondary N) is 2. The zero-order valence-electron chi connectivity index (χ0n) is 14.6. The van der Waals surface area contributed by atoms with Crippen LogP contribution in [0, 0.1) is 0 Å². The number of methoxy groups -OCH3 is 1. The Labute approximate surface area is 148 Å². The number of hydrogen-bond donors (Lipinski definition) is 2. The van der Waals surface area contributed by atoms with Crippen LogP contribution in [0.3, 0.4) is 0 Å². The van der Waals surface area contributed by atoms with E-state index in [1.807, 2.05) is 38.2 Å². The molecule has 2 N–H and O–H groups in total. The van der Waals surface area contributed by atoms with Crippen LogP contribution in [0.2, 0.25) is 0 Å². The lowest BCUT2D eigenvalue weighted by atomic mass is 10.2. The van der Waals surface area contributed by atoms with Crippen LogP contribution in [-0.4, -0.2) is 32.4 Å². The predicted octanol–water partition coefficient (Wildman–Crippen LogP) is 2.46. The molecule has 2 aromatic rings. The third-order valence-electron chi connectivity index (χ3n) is 4.11. The number of likely N-dealkylation sites (N-methyl/N-ethyl adjacent to an activating group) is 1. The number of carbonyl (C=O) groups is 1. The number of hydrogen-bond acceptors (Lipinski definition) is 3. The van der Waals surface area contributed by atoms with Crippen molar-refractivity contribution in [1.29, 1.82) is 0 Å². The van der Waals surface area contributed by atoms with Gasteiger partial charge in [0.2, 0.25) is 0 Å². The molecule has 128 valence electrons. The highest BCUT2D eigenvalue weighted by Gasteiger charge is 2.22. The van der Waals surface area contributed by atoms with Gasteiger partial charge in [-0.1, -0.05) is 18.2 Å². The second-order valence-electron chi connectivity index (χ2n) is 5.81. The molecule has 0 aliphatic heterocycles. The van der Waals surface area contributed by atoms with Gasteiger partial charge >= 0.3 is 0 Å². The van der Waals surface area contributed by atoms with Crippen LogP contribution < -0.4 is 15.0 Å². The van der Waals surface area contributed by atoms with Crippen molar-refractivity contribution in [3.05, 3.63) is 54.1 Å². The molecule has 0 saturated carbocycles. The van der Waals surface area contributed by atoms with Crippen LogP contribution in [0.4, 0.5) is 5.69 Å². The van der Waals surface area contributed by atoms with Crippen LogP contribution in [0.25, 0.3) is 0 Å². The summed E-state index contributed by atoms with van der Waals surface area (Å²) < 4.78 is 5.18. The SMILES string of the molecule is COc1cccc(NC(=O)[C@H](C)[NH+](C)Cc2ccc(SC)cc2)c1. The van der Waals surface area contributed by atoms with E-state index < -0.39 is 0 Å². The molecule has 0 radical (unpaired) electrons. The van der Waals surface area contributed by atoms with E-state index in [0.29, 0.717) is 0 Å². The minimum absolute atomic E-state index is 0.00138. The highest BCUT2D eigenvalue weighted by Crippen LogP contribution is 2.17. The van der Waals surface area contributed by atoms with E-state index in [0.717, 1.165) is 22.9 Å². The van der Waals surface area contributed by atoms with E-state index in [2.05, 4.69) is 35.8 Å². The van der Waals surface area contributed by atoms with Crippen molar-refractivity contribution in [1.82, 2.24) is 0 Å². The number of ether oxygens (including phenoxy) is 1. The second-order valence-corrected chi connectivity index (χ2v) is 6.69. The zero-order chi connectivity index (χ0) is 17.5. The van der Waals surface area contributed by atoms with Crippen molar-refractivity contribution in [3.63, 3.8) is 0 Å². The molecule has 1 unspecified atom stereocenters. The quantitative estimate of drug-likeness (QED) is 0.758. The topological polar surface area (TPSA) is 42.8 Å². The standard InChI is InChI=1S/C19H24N2O2S/c1-14(19(22)20-16-6-5-7-17(12-16)23-3)21(2)13-15-8-10-18(24-4)11-9-15/h5-12,14H,13H2,1-4H3,(H,20,22)/p+1/t14-/m0/s1.